The lowest BCUT2D eigenvalue weighted by Gasteiger charge is -2.36. The number of aromatic carboxylic acids is 1. The first kappa shape index (κ1) is 23.6. The lowest BCUT2D eigenvalue weighted by Crippen LogP contribution is -2.49. The molecule has 0 aliphatic carbocycles. The number of benzene rings is 2. The fourth-order valence-corrected chi connectivity index (χ4v) is 4.88. The van der Waals surface area contributed by atoms with Crippen molar-refractivity contribution in [2.75, 3.05) is 56.4 Å². The van der Waals surface area contributed by atoms with E-state index < -0.39 is 16.0 Å². The van der Waals surface area contributed by atoms with Crippen LogP contribution in [0.3, 0.4) is 0 Å². The van der Waals surface area contributed by atoms with E-state index >= 15 is 0 Å². The van der Waals surface area contributed by atoms with Crippen molar-refractivity contribution in [2.24, 2.45) is 0 Å². The summed E-state index contributed by atoms with van der Waals surface area (Å²) >= 11 is 0. The molecule has 2 aromatic rings. The number of carbonyl (C=O) groups excluding carboxylic acids is 1. The van der Waals surface area contributed by atoms with Crippen LogP contribution in [-0.2, 0) is 14.8 Å². The van der Waals surface area contributed by atoms with Crippen molar-refractivity contribution in [3.63, 3.8) is 0 Å². The first-order valence-electron chi connectivity index (χ1n) is 10.2. The Morgan fingerprint density at radius 3 is 2.31 bits per heavy atom. The molecule has 1 saturated heterocycles. The minimum atomic E-state index is -3.93. The molecule has 3 rings (SSSR count). The predicted octanol–water partition coefficient (Wildman–Crippen LogP) is 1.70. The van der Waals surface area contributed by atoms with E-state index in [0.717, 1.165) is 0 Å². The Labute approximate surface area is 188 Å². The van der Waals surface area contributed by atoms with E-state index in [1.54, 1.807) is 50.2 Å². The molecular formula is C22H28N4O5S. The van der Waals surface area contributed by atoms with E-state index in [0.29, 0.717) is 44.0 Å². The van der Waals surface area contributed by atoms with Crippen LogP contribution in [0, 0.1) is 6.92 Å². The average Bonchev–Trinajstić information content (AvgIpc) is 2.74. The molecule has 10 heteroatoms. The van der Waals surface area contributed by atoms with Gasteiger partial charge in [-0.3, -0.25) is 14.4 Å². The standard InChI is InChI=1S/C22H28N4O5S/c1-16-6-4-5-7-20(16)32(30,31)23-19-9-8-17(14-18(19)22(28)29)26-12-10-25(11-13-26)15-21(27)24(2)3/h4-9,14,23H,10-13,15H2,1-3H3,(H,28,29). The fourth-order valence-electron chi connectivity index (χ4n) is 3.55. The number of anilines is 2. The third-order valence-electron chi connectivity index (χ3n) is 5.46. The number of carbonyl (C=O) groups is 2. The Kier molecular flexibility index (Phi) is 7.05. The molecule has 0 aromatic heterocycles. The lowest BCUT2D eigenvalue weighted by atomic mass is 10.1. The molecule has 0 saturated carbocycles. The smallest absolute Gasteiger partial charge is 0.337 e. The lowest BCUT2D eigenvalue weighted by molar-refractivity contribution is -0.129. The number of nitrogens with one attached hydrogen (secondary N) is 1. The SMILES string of the molecule is Cc1ccccc1S(=O)(=O)Nc1ccc(N2CCN(CC(=O)N(C)C)CC2)cc1C(=O)O. The zero-order chi connectivity index (χ0) is 23.5. The second-order valence-corrected chi connectivity index (χ2v) is 9.61. The average molecular weight is 461 g/mol. The third kappa shape index (κ3) is 5.38. The van der Waals surface area contributed by atoms with Gasteiger partial charge in [0.1, 0.15) is 0 Å². The van der Waals surface area contributed by atoms with Crippen molar-refractivity contribution in [3.05, 3.63) is 53.6 Å². The maximum atomic E-state index is 12.8. The molecule has 1 aliphatic heterocycles. The highest BCUT2D eigenvalue weighted by molar-refractivity contribution is 7.92. The van der Waals surface area contributed by atoms with Crippen molar-refractivity contribution in [3.8, 4) is 0 Å². The molecule has 1 amide bonds. The van der Waals surface area contributed by atoms with Crippen molar-refractivity contribution in [1.82, 2.24) is 9.80 Å². The molecule has 0 bridgehead atoms. The van der Waals surface area contributed by atoms with Gasteiger partial charge in [0.25, 0.3) is 10.0 Å². The van der Waals surface area contributed by atoms with Crippen LogP contribution >= 0.6 is 0 Å². The molecule has 0 atom stereocenters. The fraction of sp³-hybridized carbons (Fsp3) is 0.364. The molecule has 1 aliphatic rings. The number of rotatable bonds is 7. The van der Waals surface area contributed by atoms with Crippen molar-refractivity contribution < 1.29 is 23.1 Å². The van der Waals surface area contributed by atoms with E-state index in [1.165, 1.54) is 18.2 Å². The summed E-state index contributed by atoms with van der Waals surface area (Å²) in [5, 5.41) is 9.70. The Morgan fingerprint density at radius 1 is 1.06 bits per heavy atom. The minimum absolute atomic E-state index is 0.0136. The quantitative estimate of drug-likeness (QED) is 0.647. The van der Waals surface area contributed by atoms with Gasteiger partial charge in [0.2, 0.25) is 5.91 Å². The highest BCUT2D eigenvalue weighted by atomic mass is 32.2. The summed E-state index contributed by atoms with van der Waals surface area (Å²) in [4.78, 5) is 29.5. The van der Waals surface area contributed by atoms with Crippen LogP contribution in [0.5, 0.6) is 0 Å². The number of hydrogen-bond acceptors (Lipinski definition) is 6. The molecule has 1 fully saturated rings. The number of likely N-dealkylation sites (N-methyl/N-ethyl adjacent to an activating group) is 1. The molecule has 2 aromatic carbocycles. The number of piperazine rings is 1. The van der Waals surface area contributed by atoms with Gasteiger partial charge >= 0.3 is 5.97 Å². The van der Waals surface area contributed by atoms with Gasteiger partial charge in [-0.15, -0.1) is 0 Å². The number of aryl methyl sites for hydroxylation is 1. The molecule has 9 nitrogen and oxygen atoms in total. The summed E-state index contributed by atoms with van der Waals surface area (Å²) in [6.45, 7) is 4.64. The molecule has 2 N–H and O–H groups in total. The number of nitrogens with zero attached hydrogens (tertiary/aromatic N) is 3. The van der Waals surface area contributed by atoms with E-state index in [9.17, 15) is 23.1 Å². The van der Waals surface area contributed by atoms with Crippen LogP contribution in [0.1, 0.15) is 15.9 Å². The third-order valence-corrected chi connectivity index (χ3v) is 6.98. The maximum Gasteiger partial charge on any atom is 0.337 e. The molecule has 1 heterocycles. The summed E-state index contributed by atoms with van der Waals surface area (Å²) in [5.74, 6) is -1.18. The van der Waals surface area contributed by atoms with E-state index in [2.05, 4.69) is 9.62 Å². The van der Waals surface area contributed by atoms with Gasteiger partial charge in [0, 0.05) is 46.0 Å². The number of amides is 1. The summed E-state index contributed by atoms with van der Waals surface area (Å²) < 4.78 is 28.0. The van der Waals surface area contributed by atoms with Gasteiger partial charge in [-0.05, 0) is 36.8 Å². The van der Waals surface area contributed by atoms with Gasteiger partial charge in [-0.25, -0.2) is 13.2 Å². The largest absolute Gasteiger partial charge is 0.478 e. The van der Waals surface area contributed by atoms with Crippen LogP contribution in [-0.4, -0.2) is 82.0 Å². The molecule has 0 unspecified atom stereocenters. The highest BCUT2D eigenvalue weighted by Crippen LogP contribution is 2.27. The van der Waals surface area contributed by atoms with Crippen molar-refractivity contribution >= 4 is 33.3 Å². The molecule has 172 valence electrons. The maximum absolute atomic E-state index is 12.8. The van der Waals surface area contributed by atoms with Gasteiger partial charge in [-0.2, -0.15) is 0 Å². The summed E-state index contributed by atoms with van der Waals surface area (Å²) in [6, 6.07) is 11.2. The normalized spacial score (nSPS) is 14.8. The topological polar surface area (TPSA) is 110 Å². The van der Waals surface area contributed by atoms with Gasteiger partial charge < -0.3 is 14.9 Å². The van der Waals surface area contributed by atoms with Gasteiger partial charge in [0.05, 0.1) is 22.7 Å². The van der Waals surface area contributed by atoms with E-state index in [4.69, 9.17) is 0 Å². The Bertz CT molecular complexity index is 1110. The monoisotopic (exact) mass is 460 g/mol. The van der Waals surface area contributed by atoms with Crippen LogP contribution in [0.15, 0.2) is 47.4 Å². The van der Waals surface area contributed by atoms with Crippen LogP contribution in [0.4, 0.5) is 11.4 Å². The Morgan fingerprint density at radius 2 is 1.72 bits per heavy atom. The summed E-state index contributed by atoms with van der Waals surface area (Å²) in [7, 11) is -0.487. The van der Waals surface area contributed by atoms with Gasteiger partial charge in [-0.1, -0.05) is 18.2 Å². The van der Waals surface area contributed by atoms with E-state index in [1.807, 2.05) is 4.90 Å². The number of sulfonamides is 1. The van der Waals surface area contributed by atoms with Crippen LogP contribution < -0.4 is 9.62 Å². The molecule has 0 radical (unpaired) electrons. The Balaban J connectivity index is 1.77. The van der Waals surface area contributed by atoms with Gasteiger partial charge in [0.15, 0.2) is 0 Å². The number of carboxylic acid groups (broad SMARTS) is 1. The molecule has 32 heavy (non-hydrogen) atoms. The Hall–Kier alpha value is -3.11. The summed E-state index contributed by atoms with van der Waals surface area (Å²) in [5.41, 5.74) is 1.16. The second kappa shape index (κ2) is 9.58. The zero-order valence-corrected chi connectivity index (χ0v) is 19.2. The van der Waals surface area contributed by atoms with Crippen molar-refractivity contribution in [1.29, 1.82) is 0 Å². The highest BCUT2D eigenvalue weighted by Gasteiger charge is 2.23. The predicted molar refractivity (Wildman–Crippen MR) is 123 cm³/mol. The number of hydrogen-bond donors (Lipinski definition) is 2. The van der Waals surface area contributed by atoms with Crippen molar-refractivity contribution in [2.45, 2.75) is 11.8 Å². The second-order valence-electron chi connectivity index (χ2n) is 7.96. The first-order valence-corrected chi connectivity index (χ1v) is 11.7. The van der Waals surface area contributed by atoms with E-state index in [-0.39, 0.29) is 22.1 Å². The first-order chi connectivity index (χ1) is 15.1. The number of carboxylic acids is 1. The minimum Gasteiger partial charge on any atom is -0.478 e. The summed E-state index contributed by atoms with van der Waals surface area (Å²) in [6.07, 6.45) is 0. The zero-order valence-electron chi connectivity index (χ0n) is 18.4. The molecule has 0 spiro atoms. The molecular weight excluding hydrogens is 432 g/mol. The van der Waals surface area contributed by atoms with Crippen LogP contribution in [0.25, 0.3) is 0 Å². The van der Waals surface area contributed by atoms with Crippen LogP contribution in [0.2, 0.25) is 0 Å².